The molecule has 4 heteroatoms. The first-order valence-corrected chi connectivity index (χ1v) is 8.37. The molecule has 2 atom stereocenters. The van der Waals surface area contributed by atoms with Gasteiger partial charge in [0.25, 0.3) is 5.91 Å². The summed E-state index contributed by atoms with van der Waals surface area (Å²) in [7, 11) is 0. The van der Waals surface area contributed by atoms with Crippen molar-refractivity contribution >= 4 is 17.5 Å². The van der Waals surface area contributed by atoms with Gasteiger partial charge in [-0.25, -0.2) is 0 Å². The van der Waals surface area contributed by atoms with E-state index in [1.165, 1.54) is 12.8 Å². The maximum atomic E-state index is 12.9. The Morgan fingerprint density at radius 3 is 2.67 bits per heavy atom. The van der Waals surface area contributed by atoms with Gasteiger partial charge in [-0.1, -0.05) is 24.6 Å². The van der Waals surface area contributed by atoms with Gasteiger partial charge < -0.3 is 10.2 Å². The second kappa shape index (κ2) is 6.37. The first-order valence-electron chi connectivity index (χ1n) is 8.00. The lowest BCUT2D eigenvalue weighted by molar-refractivity contribution is 0.0617. The van der Waals surface area contributed by atoms with Gasteiger partial charge in [-0.2, -0.15) is 0 Å². The summed E-state index contributed by atoms with van der Waals surface area (Å²) in [6.45, 7) is 2.96. The molecule has 3 nitrogen and oxygen atoms in total. The largest absolute Gasteiger partial charge is 0.336 e. The van der Waals surface area contributed by atoms with Gasteiger partial charge >= 0.3 is 0 Å². The predicted octanol–water partition coefficient (Wildman–Crippen LogP) is 3.48. The number of carbonyl (C=O) groups is 1. The van der Waals surface area contributed by atoms with E-state index in [1.807, 2.05) is 18.2 Å². The summed E-state index contributed by atoms with van der Waals surface area (Å²) in [4.78, 5) is 14.9. The van der Waals surface area contributed by atoms with Crippen LogP contribution in [0.1, 0.15) is 49.4 Å². The predicted molar refractivity (Wildman–Crippen MR) is 85.7 cm³/mol. The lowest BCUT2D eigenvalue weighted by Gasteiger charge is -2.38. The molecular weight excluding hydrogens is 284 g/mol. The maximum absolute atomic E-state index is 12.9. The average molecular weight is 307 g/mol. The van der Waals surface area contributed by atoms with Gasteiger partial charge in [0.2, 0.25) is 0 Å². The van der Waals surface area contributed by atoms with Crippen molar-refractivity contribution in [2.24, 2.45) is 0 Å². The molecule has 1 aromatic rings. The SMILES string of the molecule is CCCN(C(=O)c1cccc(Cl)c1)C1CC2CCC(C1)N2. The van der Waals surface area contributed by atoms with Crippen LogP contribution in [-0.4, -0.2) is 35.5 Å². The minimum Gasteiger partial charge on any atom is -0.336 e. The summed E-state index contributed by atoms with van der Waals surface area (Å²) in [5.41, 5.74) is 0.710. The monoisotopic (exact) mass is 306 g/mol. The minimum atomic E-state index is 0.130. The second-order valence-corrected chi connectivity index (χ2v) is 6.71. The molecule has 0 radical (unpaired) electrons. The Labute approximate surface area is 131 Å². The quantitative estimate of drug-likeness (QED) is 0.923. The molecule has 0 spiro atoms. The van der Waals surface area contributed by atoms with Crippen molar-refractivity contribution in [3.8, 4) is 0 Å². The highest BCUT2D eigenvalue weighted by atomic mass is 35.5. The lowest BCUT2D eigenvalue weighted by Crippen LogP contribution is -2.50. The molecule has 2 fully saturated rings. The Kier molecular flexibility index (Phi) is 4.51. The van der Waals surface area contributed by atoms with E-state index in [0.717, 1.165) is 25.8 Å². The van der Waals surface area contributed by atoms with Gasteiger partial charge in [0.1, 0.15) is 0 Å². The van der Waals surface area contributed by atoms with Crippen LogP contribution in [0.15, 0.2) is 24.3 Å². The van der Waals surface area contributed by atoms with Crippen molar-refractivity contribution in [3.63, 3.8) is 0 Å². The number of nitrogens with one attached hydrogen (secondary N) is 1. The molecular formula is C17H23ClN2O. The van der Waals surface area contributed by atoms with Crippen LogP contribution in [0.25, 0.3) is 0 Å². The van der Waals surface area contributed by atoms with Crippen molar-refractivity contribution in [2.75, 3.05) is 6.54 Å². The number of carbonyl (C=O) groups excluding carboxylic acids is 1. The van der Waals surface area contributed by atoms with Crippen LogP contribution in [0.5, 0.6) is 0 Å². The van der Waals surface area contributed by atoms with E-state index in [9.17, 15) is 4.79 Å². The highest BCUT2D eigenvalue weighted by molar-refractivity contribution is 6.30. The van der Waals surface area contributed by atoms with Crippen LogP contribution >= 0.6 is 11.6 Å². The number of rotatable bonds is 4. The molecule has 21 heavy (non-hydrogen) atoms. The van der Waals surface area contributed by atoms with Crippen molar-refractivity contribution in [1.29, 1.82) is 0 Å². The zero-order valence-corrected chi connectivity index (χ0v) is 13.3. The van der Waals surface area contributed by atoms with Crippen molar-refractivity contribution in [3.05, 3.63) is 34.9 Å². The fourth-order valence-electron chi connectivity index (χ4n) is 3.76. The van der Waals surface area contributed by atoms with E-state index < -0.39 is 0 Å². The third-order valence-electron chi connectivity index (χ3n) is 4.69. The molecule has 2 heterocycles. The number of halogens is 1. The molecule has 0 aliphatic carbocycles. The highest BCUT2D eigenvalue weighted by Gasteiger charge is 2.37. The maximum Gasteiger partial charge on any atom is 0.254 e. The van der Waals surface area contributed by atoms with Crippen LogP contribution in [0.3, 0.4) is 0 Å². The normalized spacial score (nSPS) is 27.6. The first kappa shape index (κ1) is 14.9. The number of nitrogens with zero attached hydrogens (tertiary/aromatic N) is 1. The lowest BCUT2D eigenvalue weighted by atomic mass is 9.97. The van der Waals surface area contributed by atoms with E-state index in [2.05, 4.69) is 17.1 Å². The van der Waals surface area contributed by atoms with Crippen LogP contribution in [0.2, 0.25) is 5.02 Å². The van der Waals surface area contributed by atoms with Gasteiger partial charge in [0, 0.05) is 35.3 Å². The molecule has 2 bridgehead atoms. The third kappa shape index (κ3) is 3.24. The molecule has 0 aromatic heterocycles. The third-order valence-corrected chi connectivity index (χ3v) is 4.92. The fourth-order valence-corrected chi connectivity index (χ4v) is 3.95. The zero-order chi connectivity index (χ0) is 14.8. The van der Waals surface area contributed by atoms with Gasteiger partial charge in [0.05, 0.1) is 0 Å². The van der Waals surface area contributed by atoms with Gasteiger partial charge in [-0.15, -0.1) is 0 Å². The number of hydrogen-bond donors (Lipinski definition) is 1. The molecule has 2 aliphatic heterocycles. The topological polar surface area (TPSA) is 32.3 Å². The molecule has 114 valence electrons. The zero-order valence-electron chi connectivity index (χ0n) is 12.5. The molecule has 3 rings (SSSR count). The summed E-state index contributed by atoms with van der Waals surface area (Å²) >= 11 is 6.03. The molecule has 2 aliphatic rings. The van der Waals surface area contributed by atoms with Gasteiger partial charge in [-0.05, 0) is 50.3 Å². The fraction of sp³-hybridized carbons (Fsp3) is 0.588. The van der Waals surface area contributed by atoms with Crippen molar-refractivity contribution in [1.82, 2.24) is 10.2 Å². The smallest absolute Gasteiger partial charge is 0.254 e. The summed E-state index contributed by atoms with van der Waals surface area (Å²) in [6.07, 6.45) is 5.68. The minimum absolute atomic E-state index is 0.130. The standard InChI is InChI=1S/C17H23ClN2O/c1-2-8-20(16-10-14-6-7-15(11-16)19-14)17(21)12-4-3-5-13(18)9-12/h3-5,9,14-16,19H,2,6-8,10-11H2,1H3. The van der Waals surface area contributed by atoms with E-state index in [0.29, 0.717) is 28.7 Å². The molecule has 1 amide bonds. The summed E-state index contributed by atoms with van der Waals surface area (Å²) in [5.74, 6) is 0.130. The van der Waals surface area contributed by atoms with Crippen LogP contribution in [0.4, 0.5) is 0 Å². The average Bonchev–Trinajstić information content (AvgIpc) is 2.82. The van der Waals surface area contributed by atoms with Gasteiger partial charge in [0.15, 0.2) is 0 Å². The summed E-state index contributed by atoms with van der Waals surface area (Å²) in [5, 5.41) is 4.27. The van der Waals surface area contributed by atoms with E-state index in [1.54, 1.807) is 6.07 Å². The Balaban J connectivity index is 1.79. The van der Waals surface area contributed by atoms with E-state index in [-0.39, 0.29) is 5.91 Å². The number of fused-ring (bicyclic) bond motifs is 2. The Bertz CT molecular complexity index is 507. The molecule has 0 saturated carbocycles. The van der Waals surface area contributed by atoms with Gasteiger partial charge in [-0.3, -0.25) is 4.79 Å². The van der Waals surface area contributed by atoms with E-state index in [4.69, 9.17) is 11.6 Å². The van der Waals surface area contributed by atoms with Crippen molar-refractivity contribution < 1.29 is 4.79 Å². The van der Waals surface area contributed by atoms with Crippen LogP contribution in [-0.2, 0) is 0 Å². The van der Waals surface area contributed by atoms with Crippen molar-refractivity contribution in [2.45, 2.75) is 57.2 Å². The Hall–Kier alpha value is -1.06. The molecule has 1 N–H and O–H groups in total. The van der Waals surface area contributed by atoms with Crippen LogP contribution in [0, 0.1) is 0 Å². The van der Waals surface area contributed by atoms with E-state index >= 15 is 0 Å². The first-order chi connectivity index (χ1) is 10.2. The Morgan fingerprint density at radius 2 is 2.05 bits per heavy atom. The molecule has 1 aromatic carbocycles. The number of hydrogen-bond acceptors (Lipinski definition) is 2. The number of piperidine rings is 1. The molecule has 2 saturated heterocycles. The summed E-state index contributed by atoms with van der Waals surface area (Å²) < 4.78 is 0. The second-order valence-electron chi connectivity index (χ2n) is 6.27. The molecule has 2 unspecified atom stereocenters. The summed E-state index contributed by atoms with van der Waals surface area (Å²) in [6, 6.07) is 8.88. The van der Waals surface area contributed by atoms with Crippen LogP contribution < -0.4 is 5.32 Å². The Morgan fingerprint density at radius 1 is 1.33 bits per heavy atom. The number of amides is 1. The number of benzene rings is 1. The highest BCUT2D eigenvalue weighted by Crippen LogP contribution is 2.30.